The lowest BCUT2D eigenvalue weighted by atomic mass is 10.2. The van der Waals surface area contributed by atoms with Crippen LogP contribution in [0.25, 0.3) is 0 Å². The highest BCUT2D eigenvalue weighted by molar-refractivity contribution is 7.90. The summed E-state index contributed by atoms with van der Waals surface area (Å²) in [7, 11) is -3.09. The monoisotopic (exact) mass is 303 g/mol. The fourth-order valence-corrected chi connectivity index (χ4v) is 3.78. The molecule has 0 aliphatic heterocycles. The van der Waals surface area contributed by atoms with Crippen molar-refractivity contribution in [3.05, 3.63) is 34.9 Å². The second-order valence-electron chi connectivity index (χ2n) is 4.74. The molecule has 0 bridgehead atoms. The summed E-state index contributed by atoms with van der Waals surface area (Å²) < 4.78 is 24.3. The van der Waals surface area contributed by atoms with Gasteiger partial charge in [-0.1, -0.05) is 37.6 Å². The highest BCUT2D eigenvalue weighted by Crippen LogP contribution is 2.13. The summed E-state index contributed by atoms with van der Waals surface area (Å²) >= 11 is 5.79. The first kappa shape index (κ1) is 16.5. The van der Waals surface area contributed by atoms with Crippen molar-refractivity contribution in [2.45, 2.75) is 38.5 Å². The summed E-state index contributed by atoms with van der Waals surface area (Å²) in [6.45, 7) is 4.93. The Hall–Kier alpha value is -0.580. The molecule has 1 aromatic carbocycles. The van der Waals surface area contributed by atoms with Crippen molar-refractivity contribution in [2.24, 2.45) is 0 Å². The minimum atomic E-state index is -3.09. The van der Waals surface area contributed by atoms with Crippen LogP contribution in [-0.2, 0) is 15.6 Å². The average molecular weight is 304 g/mol. The standard InChI is InChI=1S/C14H22ClNO2S/c1-3-9-16-14(4-2)11-19(17,18)10-12-5-7-13(15)8-6-12/h5-8,14,16H,3-4,9-11H2,1-2H3. The van der Waals surface area contributed by atoms with Crippen molar-refractivity contribution in [1.29, 1.82) is 0 Å². The minimum Gasteiger partial charge on any atom is -0.313 e. The smallest absolute Gasteiger partial charge is 0.155 e. The van der Waals surface area contributed by atoms with Crippen LogP contribution in [0.4, 0.5) is 0 Å². The van der Waals surface area contributed by atoms with Crippen LogP contribution in [0.5, 0.6) is 0 Å². The maximum atomic E-state index is 12.1. The first-order valence-electron chi connectivity index (χ1n) is 6.65. The van der Waals surface area contributed by atoms with Gasteiger partial charge in [-0.05, 0) is 37.1 Å². The molecule has 0 saturated heterocycles. The Balaban J connectivity index is 2.62. The van der Waals surface area contributed by atoms with Crippen LogP contribution in [0, 0.1) is 0 Å². The Bertz CT molecular complexity index is 471. The minimum absolute atomic E-state index is 0.0391. The van der Waals surface area contributed by atoms with Gasteiger partial charge in [-0.3, -0.25) is 0 Å². The maximum absolute atomic E-state index is 12.1. The molecule has 3 nitrogen and oxygen atoms in total. The molecule has 0 fully saturated rings. The Morgan fingerprint density at radius 1 is 1.21 bits per heavy atom. The van der Waals surface area contributed by atoms with E-state index in [9.17, 15) is 8.42 Å². The van der Waals surface area contributed by atoms with Gasteiger partial charge in [-0.2, -0.15) is 0 Å². The van der Waals surface area contributed by atoms with Crippen molar-refractivity contribution in [3.63, 3.8) is 0 Å². The van der Waals surface area contributed by atoms with Crippen molar-refractivity contribution in [3.8, 4) is 0 Å². The summed E-state index contributed by atoms with van der Waals surface area (Å²) in [6, 6.07) is 7.01. The van der Waals surface area contributed by atoms with Crippen molar-refractivity contribution >= 4 is 21.4 Å². The van der Waals surface area contributed by atoms with Gasteiger partial charge in [0.2, 0.25) is 0 Å². The third-order valence-electron chi connectivity index (χ3n) is 2.93. The molecule has 0 amide bonds. The number of rotatable bonds is 8. The van der Waals surface area contributed by atoms with E-state index in [1.54, 1.807) is 24.3 Å². The van der Waals surface area contributed by atoms with Crippen LogP contribution in [0.1, 0.15) is 32.3 Å². The topological polar surface area (TPSA) is 46.2 Å². The first-order chi connectivity index (χ1) is 8.96. The number of hydrogen-bond donors (Lipinski definition) is 1. The van der Waals surface area contributed by atoms with Gasteiger partial charge in [0.1, 0.15) is 0 Å². The Labute approximate surface area is 121 Å². The molecule has 0 saturated carbocycles. The van der Waals surface area contributed by atoms with E-state index in [0.717, 1.165) is 24.9 Å². The summed E-state index contributed by atoms with van der Waals surface area (Å²) in [5.41, 5.74) is 0.787. The molecule has 1 N–H and O–H groups in total. The number of nitrogens with one attached hydrogen (secondary N) is 1. The van der Waals surface area contributed by atoms with Gasteiger partial charge in [0.05, 0.1) is 11.5 Å². The summed E-state index contributed by atoms with van der Waals surface area (Å²) in [4.78, 5) is 0. The van der Waals surface area contributed by atoms with Gasteiger partial charge < -0.3 is 5.32 Å². The number of halogens is 1. The van der Waals surface area contributed by atoms with Crippen LogP contribution in [0.2, 0.25) is 5.02 Å². The third kappa shape index (κ3) is 6.41. The molecule has 1 aromatic rings. The van der Waals surface area contributed by atoms with E-state index < -0.39 is 9.84 Å². The molecular formula is C14H22ClNO2S. The Kier molecular flexibility index (Phi) is 6.83. The van der Waals surface area contributed by atoms with Gasteiger partial charge in [-0.25, -0.2) is 8.42 Å². The molecule has 108 valence electrons. The van der Waals surface area contributed by atoms with Crippen molar-refractivity contribution < 1.29 is 8.42 Å². The summed E-state index contributed by atoms with van der Waals surface area (Å²) in [5, 5.41) is 3.89. The van der Waals surface area contributed by atoms with E-state index in [4.69, 9.17) is 11.6 Å². The SMILES string of the molecule is CCCNC(CC)CS(=O)(=O)Cc1ccc(Cl)cc1. The Morgan fingerprint density at radius 2 is 1.84 bits per heavy atom. The zero-order valence-corrected chi connectivity index (χ0v) is 13.1. The maximum Gasteiger partial charge on any atom is 0.155 e. The number of hydrogen-bond acceptors (Lipinski definition) is 3. The molecule has 0 heterocycles. The molecule has 0 aromatic heterocycles. The average Bonchev–Trinajstić information content (AvgIpc) is 2.37. The van der Waals surface area contributed by atoms with Gasteiger partial charge in [0.25, 0.3) is 0 Å². The van der Waals surface area contributed by atoms with Gasteiger partial charge in [0.15, 0.2) is 9.84 Å². The molecule has 1 rings (SSSR count). The fraction of sp³-hybridized carbons (Fsp3) is 0.571. The second-order valence-corrected chi connectivity index (χ2v) is 7.29. The Morgan fingerprint density at radius 3 is 2.37 bits per heavy atom. The van der Waals surface area contributed by atoms with Crippen LogP contribution in [-0.4, -0.2) is 26.8 Å². The number of sulfone groups is 1. The van der Waals surface area contributed by atoms with Crippen LogP contribution in [0.3, 0.4) is 0 Å². The van der Waals surface area contributed by atoms with Crippen LogP contribution < -0.4 is 5.32 Å². The normalized spacial score (nSPS) is 13.4. The second kappa shape index (κ2) is 7.88. The van der Waals surface area contributed by atoms with Crippen LogP contribution in [0.15, 0.2) is 24.3 Å². The molecule has 19 heavy (non-hydrogen) atoms. The molecular weight excluding hydrogens is 282 g/mol. The highest BCUT2D eigenvalue weighted by Gasteiger charge is 2.18. The van der Waals surface area contributed by atoms with Crippen LogP contribution >= 0.6 is 11.6 Å². The predicted molar refractivity (Wildman–Crippen MR) is 81.3 cm³/mol. The quantitative estimate of drug-likeness (QED) is 0.803. The zero-order chi connectivity index (χ0) is 14.3. The van der Waals surface area contributed by atoms with E-state index in [1.165, 1.54) is 0 Å². The predicted octanol–water partition coefficient (Wildman–Crippen LogP) is 3.03. The lowest BCUT2D eigenvalue weighted by molar-refractivity contribution is 0.519. The molecule has 0 aliphatic rings. The summed E-state index contributed by atoms with van der Waals surface area (Å²) in [5.74, 6) is 0.264. The van der Waals surface area contributed by atoms with Crippen molar-refractivity contribution in [1.82, 2.24) is 5.32 Å². The molecule has 0 spiro atoms. The number of benzene rings is 1. The molecule has 1 atom stereocenters. The lowest BCUT2D eigenvalue weighted by Gasteiger charge is -2.16. The van der Waals surface area contributed by atoms with E-state index in [-0.39, 0.29) is 17.5 Å². The molecule has 5 heteroatoms. The zero-order valence-electron chi connectivity index (χ0n) is 11.5. The van der Waals surface area contributed by atoms with Crippen molar-refractivity contribution in [2.75, 3.05) is 12.3 Å². The first-order valence-corrected chi connectivity index (χ1v) is 8.85. The van der Waals surface area contributed by atoms with E-state index in [2.05, 4.69) is 12.2 Å². The third-order valence-corrected chi connectivity index (χ3v) is 4.87. The van der Waals surface area contributed by atoms with Gasteiger partial charge in [0, 0.05) is 11.1 Å². The lowest BCUT2D eigenvalue weighted by Crippen LogP contribution is -2.36. The largest absolute Gasteiger partial charge is 0.313 e. The van der Waals surface area contributed by atoms with E-state index in [0.29, 0.717) is 5.02 Å². The summed E-state index contributed by atoms with van der Waals surface area (Å²) in [6.07, 6.45) is 1.83. The van der Waals surface area contributed by atoms with Gasteiger partial charge in [-0.15, -0.1) is 0 Å². The molecule has 0 aliphatic carbocycles. The molecule has 1 unspecified atom stereocenters. The van der Waals surface area contributed by atoms with E-state index >= 15 is 0 Å². The van der Waals surface area contributed by atoms with E-state index in [1.807, 2.05) is 6.92 Å². The van der Waals surface area contributed by atoms with Gasteiger partial charge >= 0.3 is 0 Å². The molecule has 0 radical (unpaired) electrons. The fourth-order valence-electron chi connectivity index (χ4n) is 1.87. The highest BCUT2D eigenvalue weighted by atomic mass is 35.5.